The van der Waals surface area contributed by atoms with Crippen LogP contribution in [0.1, 0.15) is 37.5 Å². The van der Waals surface area contributed by atoms with Crippen molar-refractivity contribution in [3.63, 3.8) is 0 Å². The zero-order valence-corrected chi connectivity index (χ0v) is 12.4. The van der Waals surface area contributed by atoms with Crippen molar-refractivity contribution >= 4 is 39.5 Å². The standard InChI is InChI=1S/C13H12N2O3S2/c1-7(16)9-6-19-13(14-9)15-12(17)11-4-8-5-18-3-2-10(8)20-11/h4,6H,2-3,5H2,1H3,(H,14,15,17). The number of aromatic nitrogens is 1. The summed E-state index contributed by atoms with van der Waals surface area (Å²) in [7, 11) is 0. The van der Waals surface area contributed by atoms with Crippen molar-refractivity contribution in [2.45, 2.75) is 20.0 Å². The Bertz CT molecular complexity index is 651. The number of hydrogen-bond donors (Lipinski definition) is 1. The highest BCUT2D eigenvalue weighted by Gasteiger charge is 2.18. The summed E-state index contributed by atoms with van der Waals surface area (Å²) in [4.78, 5) is 29.3. The van der Waals surface area contributed by atoms with E-state index in [2.05, 4.69) is 10.3 Å². The number of ketones is 1. The van der Waals surface area contributed by atoms with Crippen LogP contribution in [-0.4, -0.2) is 23.3 Å². The number of nitrogens with one attached hydrogen (secondary N) is 1. The monoisotopic (exact) mass is 308 g/mol. The molecule has 1 aliphatic rings. The van der Waals surface area contributed by atoms with Crippen LogP contribution in [0.15, 0.2) is 11.4 Å². The fraction of sp³-hybridized carbons (Fsp3) is 0.308. The fourth-order valence-corrected chi connectivity index (χ4v) is 3.70. The Morgan fingerprint density at radius 3 is 3.00 bits per heavy atom. The minimum Gasteiger partial charge on any atom is -0.376 e. The molecule has 0 fully saturated rings. The van der Waals surface area contributed by atoms with Crippen molar-refractivity contribution in [1.29, 1.82) is 0 Å². The van der Waals surface area contributed by atoms with Gasteiger partial charge in [0.25, 0.3) is 5.91 Å². The highest BCUT2D eigenvalue weighted by molar-refractivity contribution is 7.15. The zero-order valence-electron chi connectivity index (χ0n) is 10.8. The van der Waals surface area contributed by atoms with Gasteiger partial charge in [-0.25, -0.2) is 4.98 Å². The number of nitrogens with zero attached hydrogens (tertiary/aromatic N) is 1. The van der Waals surface area contributed by atoms with E-state index in [9.17, 15) is 9.59 Å². The third-order valence-electron chi connectivity index (χ3n) is 2.94. The molecule has 1 aliphatic heterocycles. The van der Waals surface area contributed by atoms with Gasteiger partial charge in [-0.1, -0.05) is 0 Å². The van der Waals surface area contributed by atoms with Crippen LogP contribution in [0, 0.1) is 0 Å². The maximum atomic E-state index is 12.2. The predicted octanol–water partition coefficient (Wildman–Crippen LogP) is 2.73. The van der Waals surface area contributed by atoms with Gasteiger partial charge in [-0.2, -0.15) is 0 Å². The van der Waals surface area contributed by atoms with E-state index in [0.717, 1.165) is 12.0 Å². The van der Waals surface area contributed by atoms with Crippen molar-refractivity contribution in [2.24, 2.45) is 0 Å². The summed E-state index contributed by atoms with van der Waals surface area (Å²) in [6.07, 6.45) is 0.860. The molecule has 0 saturated heterocycles. The van der Waals surface area contributed by atoms with Gasteiger partial charge in [-0.15, -0.1) is 22.7 Å². The molecule has 0 bridgehead atoms. The van der Waals surface area contributed by atoms with Crippen LogP contribution in [0.4, 0.5) is 5.13 Å². The fourth-order valence-electron chi connectivity index (χ4n) is 1.91. The average Bonchev–Trinajstić information content (AvgIpc) is 3.04. The zero-order chi connectivity index (χ0) is 14.1. The Hall–Kier alpha value is -1.57. The molecule has 0 saturated carbocycles. The lowest BCUT2D eigenvalue weighted by atomic mass is 10.2. The Labute approximate surface area is 123 Å². The molecule has 5 nitrogen and oxygen atoms in total. The van der Waals surface area contributed by atoms with Crippen molar-refractivity contribution < 1.29 is 14.3 Å². The van der Waals surface area contributed by atoms with Gasteiger partial charge in [0.15, 0.2) is 10.9 Å². The lowest BCUT2D eigenvalue weighted by molar-refractivity contribution is 0.100. The summed E-state index contributed by atoms with van der Waals surface area (Å²) in [5.74, 6) is -0.292. The summed E-state index contributed by atoms with van der Waals surface area (Å²) < 4.78 is 5.36. The van der Waals surface area contributed by atoms with Gasteiger partial charge in [0.05, 0.1) is 18.1 Å². The maximum absolute atomic E-state index is 12.2. The Balaban J connectivity index is 1.75. The molecule has 0 atom stereocenters. The van der Waals surface area contributed by atoms with Gasteiger partial charge in [-0.3, -0.25) is 14.9 Å². The number of anilines is 1. The molecule has 3 heterocycles. The molecular weight excluding hydrogens is 296 g/mol. The van der Waals surface area contributed by atoms with E-state index in [-0.39, 0.29) is 11.7 Å². The Morgan fingerprint density at radius 2 is 2.30 bits per heavy atom. The van der Waals surface area contributed by atoms with E-state index >= 15 is 0 Å². The van der Waals surface area contributed by atoms with Crippen LogP contribution in [0.3, 0.4) is 0 Å². The molecule has 3 rings (SSSR count). The van der Waals surface area contributed by atoms with Gasteiger partial charge in [-0.05, 0) is 11.6 Å². The largest absolute Gasteiger partial charge is 0.376 e. The van der Waals surface area contributed by atoms with E-state index < -0.39 is 0 Å². The SMILES string of the molecule is CC(=O)c1csc(NC(=O)c2cc3c(s2)CCOC3)n1. The molecule has 0 aliphatic carbocycles. The van der Waals surface area contributed by atoms with Gasteiger partial charge in [0.1, 0.15) is 5.69 Å². The summed E-state index contributed by atoms with van der Waals surface area (Å²) in [6.45, 7) is 2.74. The minimum atomic E-state index is -0.186. The van der Waals surface area contributed by atoms with Crippen LogP contribution >= 0.6 is 22.7 Å². The number of carbonyl (C=O) groups is 2. The molecule has 104 valence electrons. The molecule has 2 aromatic heterocycles. The quantitative estimate of drug-likeness (QED) is 0.885. The first-order valence-electron chi connectivity index (χ1n) is 6.10. The van der Waals surface area contributed by atoms with E-state index in [4.69, 9.17) is 4.74 Å². The summed E-state index contributed by atoms with van der Waals surface area (Å²) in [6, 6.07) is 1.87. The number of ether oxygens (including phenoxy) is 1. The van der Waals surface area contributed by atoms with E-state index in [1.165, 1.54) is 34.5 Å². The molecule has 7 heteroatoms. The summed E-state index contributed by atoms with van der Waals surface area (Å²) in [5.41, 5.74) is 1.47. The molecule has 0 spiro atoms. The van der Waals surface area contributed by atoms with E-state index in [1.807, 2.05) is 6.07 Å². The second-order valence-electron chi connectivity index (χ2n) is 4.41. The Morgan fingerprint density at radius 1 is 1.45 bits per heavy atom. The van der Waals surface area contributed by atoms with Crippen molar-refractivity contribution in [2.75, 3.05) is 11.9 Å². The van der Waals surface area contributed by atoms with Gasteiger partial charge >= 0.3 is 0 Å². The van der Waals surface area contributed by atoms with Crippen molar-refractivity contribution in [3.8, 4) is 0 Å². The van der Waals surface area contributed by atoms with Gasteiger partial charge < -0.3 is 4.74 Å². The minimum absolute atomic E-state index is 0.106. The average molecular weight is 308 g/mol. The number of carbonyl (C=O) groups excluding carboxylic acids is 2. The van der Waals surface area contributed by atoms with Crippen LogP contribution < -0.4 is 5.32 Å². The number of fused-ring (bicyclic) bond motifs is 1. The first-order chi connectivity index (χ1) is 9.63. The maximum Gasteiger partial charge on any atom is 0.267 e. The lowest BCUT2D eigenvalue weighted by Gasteiger charge is -2.10. The second-order valence-corrected chi connectivity index (χ2v) is 6.40. The highest BCUT2D eigenvalue weighted by atomic mass is 32.1. The topological polar surface area (TPSA) is 68.3 Å². The van der Waals surface area contributed by atoms with Crippen LogP contribution in [0.5, 0.6) is 0 Å². The summed E-state index contributed by atoms with van der Waals surface area (Å²) >= 11 is 2.75. The number of thiophene rings is 1. The smallest absolute Gasteiger partial charge is 0.267 e. The number of rotatable bonds is 3. The molecule has 1 N–H and O–H groups in total. The second kappa shape index (κ2) is 5.43. The Kier molecular flexibility index (Phi) is 3.64. The molecule has 1 amide bonds. The first-order valence-corrected chi connectivity index (χ1v) is 7.80. The van der Waals surface area contributed by atoms with Crippen LogP contribution in [0.25, 0.3) is 0 Å². The molecule has 2 aromatic rings. The molecule has 20 heavy (non-hydrogen) atoms. The number of amides is 1. The van der Waals surface area contributed by atoms with Crippen LogP contribution in [-0.2, 0) is 17.8 Å². The van der Waals surface area contributed by atoms with E-state index in [1.54, 1.807) is 5.38 Å². The predicted molar refractivity (Wildman–Crippen MR) is 77.8 cm³/mol. The summed E-state index contributed by atoms with van der Waals surface area (Å²) in [5, 5.41) is 4.82. The molecule has 0 unspecified atom stereocenters. The van der Waals surface area contributed by atoms with E-state index in [0.29, 0.717) is 28.9 Å². The van der Waals surface area contributed by atoms with Crippen molar-refractivity contribution in [3.05, 3.63) is 32.5 Å². The third kappa shape index (κ3) is 2.65. The molecule has 0 aromatic carbocycles. The first kappa shape index (κ1) is 13.4. The molecule has 0 radical (unpaired) electrons. The van der Waals surface area contributed by atoms with Gasteiger partial charge in [0.2, 0.25) is 0 Å². The number of hydrogen-bond acceptors (Lipinski definition) is 6. The van der Waals surface area contributed by atoms with Crippen LogP contribution in [0.2, 0.25) is 0 Å². The third-order valence-corrected chi connectivity index (χ3v) is 4.93. The molecular formula is C13H12N2O3S2. The van der Waals surface area contributed by atoms with Crippen molar-refractivity contribution in [1.82, 2.24) is 4.98 Å². The number of Topliss-reactive ketones (excluding diaryl/α,β-unsaturated/α-hetero) is 1. The number of thiazole rings is 1. The highest BCUT2D eigenvalue weighted by Crippen LogP contribution is 2.28. The normalized spacial score (nSPS) is 13.8. The van der Waals surface area contributed by atoms with Gasteiger partial charge in [0, 0.05) is 23.6 Å². The lowest BCUT2D eigenvalue weighted by Crippen LogP contribution is -2.10.